The van der Waals surface area contributed by atoms with Crippen molar-refractivity contribution in [1.29, 1.82) is 0 Å². The van der Waals surface area contributed by atoms with E-state index in [0.717, 1.165) is 53.0 Å². The number of halogens is 3. The molecular weight excluding hydrogens is 468 g/mol. The lowest BCUT2D eigenvalue weighted by molar-refractivity contribution is 0.153. The summed E-state index contributed by atoms with van der Waals surface area (Å²) >= 11 is 6.11. The summed E-state index contributed by atoms with van der Waals surface area (Å²) < 4.78 is 56.5. The lowest BCUT2D eigenvalue weighted by atomic mass is 10.0. The fraction of sp³-hybridized carbons (Fsp3) is 0.250. The molecule has 1 aliphatic rings. The number of aromatic nitrogens is 1. The van der Waals surface area contributed by atoms with Crippen molar-refractivity contribution in [1.82, 2.24) is 9.29 Å². The van der Waals surface area contributed by atoms with E-state index in [0.29, 0.717) is 5.39 Å². The van der Waals surface area contributed by atoms with Crippen molar-refractivity contribution < 1.29 is 17.2 Å². The average molecular weight is 490 g/mol. The number of fused-ring (bicyclic) bond motifs is 2. The zero-order valence-corrected chi connectivity index (χ0v) is 19.4. The van der Waals surface area contributed by atoms with Crippen LogP contribution in [-0.4, -0.2) is 38.6 Å². The van der Waals surface area contributed by atoms with Crippen LogP contribution in [0.3, 0.4) is 0 Å². The molecule has 0 radical (unpaired) electrons. The van der Waals surface area contributed by atoms with Gasteiger partial charge in [0.2, 0.25) is 0 Å². The number of hydrogen-bond acceptors (Lipinski definition) is 4. The normalized spacial score (nSPS) is 15.1. The second kappa shape index (κ2) is 8.27. The van der Waals surface area contributed by atoms with E-state index in [4.69, 9.17) is 11.6 Å². The summed E-state index contributed by atoms with van der Waals surface area (Å²) in [6, 6.07) is 13.3. The Morgan fingerprint density at radius 1 is 1.00 bits per heavy atom. The first kappa shape index (κ1) is 22.1. The highest BCUT2D eigenvalue weighted by Gasteiger charge is 2.28. The first-order valence-corrected chi connectivity index (χ1v) is 12.4. The molecule has 1 fully saturated rings. The van der Waals surface area contributed by atoms with E-state index >= 15 is 0 Å². The molecule has 5 nitrogen and oxygen atoms in total. The molecule has 0 spiro atoms. The minimum Gasteiger partial charge on any atom is -0.369 e. The number of nitrogens with zero attached hydrogens (tertiary/aromatic N) is 2. The predicted octanol–water partition coefficient (Wildman–Crippen LogP) is 5.34. The molecular formula is C24H22ClF2N3O2S. The van der Waals surface area contributed by atoms with Gasteiger partial charge >= 0.3 is 0 Å². The van der Waals surface area contributed by atoms with Crippen molar-refractivity contribution in [3.63, 3.8) is 0 Å². The van der Waals surface area contributed by atoms with Gasteiger partial charge in [-0.3, -0.25) is 0 Å². The molecule has 0 aliphatic carbocycles. The summed E-state index contributed by atoms with van der Waals surface area (Å²) in [5.41, 5.74) is 1.60. The fourth-order valence-electron chi connectivity index (χ4n) is 4.60. The van der Waals surface area contributed by atoms with Gasteiger partial charge < -0.3 is 10.2 Å². The van der Waals surface area contributed by atoms with Gasteiger partial charge in [0.25, 0.3) is 16.4 Å². The van der Waals surface area contributed by atoms with Crippen molar-refractivity contribution in [2.45, 2.75) is 18.2 Å². The van der Waals surface area contributed by atoms with Crippen LogP contribution in [0.25, 0.3) is 21.7 Å². The van der Waals surface area contributed by atoms with Crippen molar-refractivity contribution >= 4 is 49.0 Å². The summed E-state index contributed by atoms with van der Waals surface area (Å²) in [6.45, 7) is 5.07. The monoisotopic (exact) mass is 489 g/mol. The third-order valence-corrected chi connectivity index (χ3v) is 8.19. The molecule has 3 aromatic carbocycles. The predicted molar refractivity (Wildman–Crippen MR) is 128 cm³/mol. The Bertz CT molecular complexity index is 1480. The van der Waals surface area contributed by atoms with E-state index < -0.39 is 16.4 Å². The Labute approximate surface area is 195 Å². The van der Waals surface area contributed by atoms with E-state index in [1.54, 1.807) is 18.2 Å². The number of nitrogens with one attached hydrogen (secondary N) is 1. The van der Waals surface area contributed by atoms with E-state index in [1.807, 2.05) is 19.1 Å². The number of anilines is 1. The molecule has 0 unspecified atom stereocenters. The largest absolute Gasteiger partial charge is 0.369 e. The van der Waals surface area contributed by atoms with Crippen LogP contribution in [0.1, 0.15) is 17.6 Å². The quantitative estimate of drug-likeness (QED) is 0.420. The van der Waals surface area contributed by atoms with E-state index in [1.165, 1.54) is 18.2 Å². The summed E-state index contributed by atoms with van der Waals surface area (Å²) in [4.78, 5) is 2.24. The smallest absolute Gasteiger partial charge is 0.268 e. The van der Waals surface area contributed by atoms with Crippen LogP contribution < -0.4 is 10.2 Å². The molecule has 33 heavy (non-hydrogen) atoms. The van der Waals surface area contributed by atoms with Gasteiger partial charge in [-0.15, -0.1) is 0 Å². The maximum absolute atomic E-state index is 14.0. The van der Waals surface area contributed by atoms with Gasteiger partial charge in [-0.1, -0.05) is 41.9 Å². The number of rotatable bonds is 4. The zero-order valence-electron chi connectivity index (χ0n) is 17.9. The molecule has 5 rings (SSSR count). The van der Waals surface area contributed by atoms with Crippen LogP contribution in [0.15, 0.2) is 59.6 Å². The van der Waals surface area contributed by atoms with Crippen LogP contribution in [0.4, 0.5) is 14.5 Å². The van der Waals surface area contributed by atoms with Crippen molar-refractivity contribution in [3.8, 4) is 0 Å². The van der Waals surface area contributed by atoms with Crippen LogP contribution in [0.2, 0.25) is 5.02 Å². The fourth-order valence-corrected chi connectivity index (χ4v) is 6.35. The SMILES string of the molecule is Cc1c(N2CCNCC2)cc(S(=O)(=O)n2cc(C(F)F)c3ccc(Cl)cc32)c2ccccc12. The Morgan fingerprint density at radius 3 is 2.39 bits per heavy atom. The molecule has 1 aromatic heterocycles. The minimum absolute atomic E-state index is 0.0786. The van der Waals surface area contributed by atoms with Gasteiger partial charge in [0.15, 0.2) is 0 Å². The Hall–Kier alpha value is -2.68. The Balaban J connectivity index is 1.80. The van der Waals surface area contributed by atoms with Crippen LogP contribution in [0, 0.1) is 6.92 Å². The Kier molecular flexibility index (Phi) is 5.55. The summed E-state index contributed by atoms with van der Waals surface area (Å²) in [5.74, 6) is 0. The van der Waals surface area contributed by atoms with E-state index in [2.05, 4.69) is 10.2 Å². The molecule has 172 valence electrons. The highest BCUT2D eigenvalue weighted by atomic mass is 35.5. The molecule has 0 amide bonds. The summed E-state index contributed by atoms with van der Waals surface area (Å²) in [5, 5.41) is 5.11. The third-order valence-electron chi connectivity index (χ3n) is 6.24. The van der Waals surface area contributed by atoms with E-state index in [-0.39, 0.29) is 26.4 Å². The highest BCUT2D eigenvalue weighted by Crippen LogP contribution is 2.38. The van der Waals surface area contributed by atoms with Gasteiger partial charge in [-0.05, 0) is 36.1 Å². The molecule has 1 N–H and O–H groups in total. The van der Waals surface area contributed by atoms with Crippen molar-refractivity contribution in [2.24, 2.45) is 0 Å². The number of alkyl halides is 2. The van der Waals surface area contributed by atoms with Gasteiger partial charge in [-0.25, -0.2) is 21.2 Å². The first-order valence-electron chi connectivity index (χ1n) is 10.6. The van der Waals surface area contributed by atoms with Gasteiger partial charge in [0.1, 0.15) is 0 Å². The van der Waals surface area contributed by atoms with Crippen molar-refractivity contribution in [3.05, 3.63) is 70.9 Å². The second-order valence-corrected chi connectivity index (χ2v) is 10.4. The minimum atomic E-state index is -4.22. The number of piperazine rings is 1. The molecule has 0 saturated carbocycles. The van der Waals surface area contributed by atoms with Crippen LogP contribution >= 0.6 is 11.6 Å². The standard InChI is InChI=1S/C24H22ClF2N3O2S/c1-15-17-4-2-3-5-19(17)23(13-21(15)29-10-8-28-9-11-29)33(31,32)30-14-20(24(26)27)18-7-6-16(25)12-22(18)30/h2-7,12-14,24,28H,8-11H2,1H3. The molecule has 1 aliphatic heterocycles. The summed E-state index contributed by atoms with van der Waals surface area (Å²) in [7, 11) is -4.22. The number of aryl methyl sites for hydroxylation is 1. The van der Waals surface area contributed by atoms with Crippen LogP contribution in [0.5, 0.6) is 0 Å². The van der Waals surface area contributed by atoms with Gasteiger partial charge in [-0.2, -0.15) is 0 Å². The topological polar surface area (TPSA) is 54.3 Å². The molecule has 0 bridgehead atoms. The zero-order chi connectivity index (χ0) is 23.3. The summed E-state index contributed by atoms with van der Waals surface area (Å²) in [6.07, 6.45) is -1.81. The molecule has 0 atom stereocenters. The molecule has 1 saturated heterocycles. The molecule has 4 aromatic rings. The maximum atomic E-state index is 14.0. The first-order chi connectivity index (χ1) is 15.8. The van der Waals surface area contributed by atoms with Crippen molar-refractivity contribution in [2.75, 3.05) is 31.1 Å². The second-order valence-electron chi connectivity index (χ2n) is 8.15. The Morgan fingerprint density at radius 2 is 1.70 bits per heavy atom. The molecule has 2 heterocycles. The van der Waals surface area contributed by atoms with Crippen LogP contribution in [-0.2, 0) is 10.0 Å². The maximum Gasteiger partial charge on any atom is 0.268 e. The third kappa shape index (κ3) is 3.66. The van der Waals surface area contributed by atoms with E-state index in [9.17, 15) is 17.2 Å². The number of hydrogen-bond donors (Lipinski definition) is 1. The average Bonchev–Trinajstić information content (AvgIpc) is 3.20. The lowest BCUT2D eigenvalue weighted by Gasteiger charge is -2.31. The highest BCUT2D eigenvalue weighted by molar-refractivity contribution is 7.90. The lowest BCUT2D eigenvalue weighted by Crippen LogP contribution is -2.43. The van der Waals surface area contributed by atoms with Gasteiger partial charge in [0, 0.05) is 59.4 Å². The molecule has 9 heteroatoms. The van der Waals surface area contributed by atoms with Gasteiger partial charge in [0.05, 0.1) is 10.4 Å². The number of benzene rings is 3.